The second kappa shape index (κ2) is 10.5. The van der Waals surface area contributed by atoms with Gasteiger partial charge in [-0.05, 0) is 40.5 Å². The normalized spacial score (nSPS) is 23.6. The number of piperidine rings is 1. The summed E-state index contributed by atoms with van der Waals surface area (Å²) in [6.45, 7) is 11.8. The molecule has 0 radical (unpaired) electrons. The third kappa shape index (κ3) is 6.62. The van der Waals surface area contributed by atoms with Crippen molar-refractivity contribution in [1.29, 1.82) is 0 Å². The first-order valence-corrected chi connectivity index (χ1v) is 12.4. The molecule has 2 heterocycles. The Morgan fingerprint density at radius 3 is 1.62 bits per heavy atom. The van der Waals surface area contributed by atoms with E-state index in [4.69, 9.17) is 0 Å². The van der Waals surface area contributed by atoms with Crippen molar-refractivity contribution in [3.63, 3.8) is 0 Å². The van der Waals surface area contributed by atoms with E-state index in [9.17, 15) is 9.59 Å². The topological polar surface area (TPSA) is 46.2 Å². The van der Waals surface area contributed by atoms with Gasteiger partial charge < -0.3 is 5.32 Å². The first-order valence-electron chi connectivity index (χ1n) is 12.4. The van der Waals surface area contributed by atoms with Gasteiger partial charge in [-0.3, -0.25) is 0 Å². The van der Waals surface area contributed by atoms with Crippen LogP contribution >= 0.6 is 0 Å². The number of imide groups is 1. The van der Waals surface area contributed by atoms with Gasteiger partial charge in [-0.1, -0.05) is 58.3 Å². The lowest BCUT2D eigenvalue weighted by Gasteiger charge is -2.50. The van der Waals surface area contributed by atoms with Crippen LogP contribution in [0.15, 0.2) is 0 Å². The van der Waals surface area contributed by atoms with Gasteiger partial charge >= 0.3 is 11.8 Å². The molecular formula is C25H47N2O2+. The summed E-state index contributed by atoms with van der Waals surface area (Å²) in [6, 6.07) is 0.127. The number of carbonyl (C=O) groups is 2. The second-order valence-electron chi connectivity index (χ2n) is 11.0. The number of carbonyl (C=O) groups excluding carboxylic acids is 2. The fraction of sp³-hybridized carbons (Fsp3) is 0.920. The Morgan fingerprint density at radius 1 is 0.759 bits per heavy atom. The molecule has 0 aliphatic carbocycles. The average molecular weight is 408 g/mol. The SMILES string of the molecule is CCCCCCCCCCCC[N+]1(C2CC(C)(C)NC(C)(C)C2)C(=O)CCC1=O. The summed E-state index contributed by atoms with van der Waals surface area (Å²) in [5, 5.41) is 3.71. The van der Waals surface area contributed by atoms with Gasteiger partial charge in [0.15, 0.2) is 0 Å². The average Bonchev–Trinajstić information content (AvgIpc) is 2.89. The predicted octanol–water partition coefficient (Wildman–Crippen LogP) is 5.88. The van der Waals surface area contributed by atoms with Crippen LogP contribution in [0, 0.1) is 0 Å². The molecule has 0 saturated carbocycles. The number of hydrogen-bond acceptors (Lipinski definition) is 3. The quantitative estimate of drug-likeness (QED) is 0.250. The molecule has 2 fully saturated rings. The second-order valence-corrected chi connectivity index (χ2v) is 11.0. The highest BCUT2D eigenvalue weighted by molar-refractivity contribution is 5.92. The van der Waals surface area contributed by atoms with E-state index in [1.807, 2.05) is 0 Å². The lowest BCUT2D eigenvalue weighted by atomic mass is 9.78. The summed E-state index contributed by atoms with van der Waals surface area (Å²) in [6.07, 6.45) is 15.5. The van der Waals surface area contributed by atoms with Gasteiger partial charge in [0.2, 0.25) is 0 Å². The Morgan fingerprint density at radius 2 is 1.17 bits per heavy atom. The zero-order chi connectivity index (χ0) is 21.5. The first-order chi connectivity index (χ1) is 13.6. The largest absolute Gasteiger partial charge is 0.322 e. The highest BCUT2D eigenvalue weighted by atomic mass is 16.2. The summed E-state index contributed by atoms with van der Waals surface area (Å²) < 4.78 is 0.144. The molecule has 0 unspecified atom stereocenters. The maximum Gasteiger partial charge on any atom is 0.322 e. The van der Waals surface area contributed by atoms with Gasteiger partial charge in [0.05, 0.1) is 19.4 Å². The van der Waals surface area contributed by atoms with Gasteiger partial charge in [-0.2, -0.15) is 4.48 Å². The Kier molecular flexibility index (Phi) is 8.90. The Balaban J connectivity index is 1.88. The molecule has 2 aliphatic rings. The molecule has 1 N–H and O–H groups in total. The number of nitrogens with zero attached hydrogens (tertiary/aromatic N) is 1. The van der Waals surface area contributed by atoms with Gasteiger partial charge in [0.25, 0.3) is 0 Å². The van der Waals surface area contributed by atoms with Crippen LogP contribution in [0.5, 0.6) is 0 Å². The zero-order valence-corrected chi connectivity index (χ0v) is 19.9. The van der Waals surface area contributed by atoms with Crippen LogP contribution in [0.25, 0.3) is 0 Å². The number of unbranched alkanes of at least 4 members (excludes halogenated alkanes) is 9. The van der Waals surface area contributed by atoms with Crippen molar-refractivity contribution in [2.45, 2.75) is 142 Å². The number of hydrogen-bond donors (Lipinski definition) is 1. The van der Waals surface area contributed by atoms with Crippen molar-refractivity contribution in [1.82, 2.24) is 5.32 Å². The van der Waals surface area contributed by atoms with Crippen LogP contribution in [0.3, 0.4) is 0 Å². The molecule has 4 nitrogen and oxygen atoms in total. The molecule has 0 atom stereocenters. The van der Waals surface area contributed by atoms with Crippen LogP contribution < -0.4 is 5.32 Å². The Bertz CT molecular complexity index is 521. The third-order valence-corrected chi connectivity index (χ3v) is 7.10. The number of rotatable bonds is 12. The van der Waals surface area contributed by atoms with E-state index in [1.54, 1.807) is 0 Å². The van der Waals surface area contributed by atoms with Crippen molar-refractivity contribution >= 4 is 11.8 Å². The molecule has 0 bridgehead atoms. The maximum atomic E-state index is 13.1. The van der Waals surface area contributed by atoms with Crippen LogP contribution in [-0.2, 0) is 9.59 Å². The molecule has 2 rings (SSSR count). The van der Waals surface area contributed by atoms with Crippen molar-refractivity contribution in [3.05, 3.63) is 0 Å². The van der Waals surface area contributed by atoms with Crippen molar-refractivity contribution in [2.75, 3.05) is 6.54 Å². The number of amides is 2. The van der Waals surface area contributed by atoms with E-state index < -0.39 is 0 Å². The van der Waals surface area contributed by atoms with E-state index >= 15 is 0 Å². The Hall–Kier alpha value is -0.740. The fourth-order valence-corrected chi connectivity index (χ4v) is 6.02. The maximum absolute atomic E-state index is 13.1. The Labute approximate surface area is 179 Å². The zero-order valence-electron chi connectivity index (χ0n) is 19.9. The number of likely N-dealkylation sites (tertiary alicyclic amines) is 1. The molecule has 168 valence electrons. The lowest BCUT2D eigenvalue weighted by Crippen LogP contribution is -2.69. The predicted molar refractivity (Wildman–Crippen MR) is 121 cm³/mol. The summed E-state index contributed by atoms with van der Waals surface area (Å²) in [7, 11) is 0. The summed E-state index contributed by atoms with van der Waals surface area (Å²) in [5.41, 5.74) is -0.0861. The minimum atomic E-state index is -0.0431. The number of quaternary nitrogens is 1. The molecular weight excluding hydrogens is 360 g/mol. The van der Waals surface area contributed by atoms with Gasteiger partial charge in [0, 0.05) is 23.9 Å². The van der Waals surface area contributed by atoms with Gasteiger partial charge in [-0.25, -0.2) is 9.59 Å². The standard InChI is InChI=1S/C25H47N2O2/c1-6-7-8-9-10-11-12-13-14-15-18-27(22(28)16-17-23(27)29)21-19-24(2,3)26-25(4,5)20-21/h21,26H,6-20H2,1-5H3/q+1. The van der Waals surface area contributed by atoms with Crippen LogP contribution in [-0.4, -0.2) is 40.0 Å². The summed E-state index contributed by atoms with van der Waals surface area (Å²) >= 11 is 0. The fourth-order valence-electron chi connectivity index (χ4n) is 6.02. The van der Waals surface area contributed by atoms with Crippen molar-refractivity contribution in [3.8, 4) is 0 Å². The number of nitrogens with one attached hydrogen (secondary N) is 1. The van der Waals surface area contributed by atoms with Crippen molar-refractivity contribution in [2.24, 2.45) is 0 Å². The van der Waals surface area contributed by atoms with Crippen molar-refractivity contribution < 1.29 is 14.1 Å². The van der Waals surface area contributed by atoms with Crippen LogP contribution in [0.4, 0.5) is 0 Å². The van der Waals surface area contributed by atoms with E-state index in [1.165, 1.54) is 51.4 Å². The molecule has 29 heavy (non-hydrogen) atoms. The highest BCUT2D eigenvalue weighted by Gasteiger charge is 2.58. The molecule has 4 heteroatoms. The van der Waals surface area contributed by atoms with Crippen LogP contribution in [0.1, 0.15) is 125 Å². The molecule has 0 aromatic rings. The molecule has 0 spiro atoms. The first kappa shape index (κ1) is 24.5. The van der Waals surface area contributed by atoms with E-state index in [-0.39, 0.29) is 33.4 Å². The van der Waals surface area contributed by atoms with Gasteiger partial charge in [0.1, 0.15) is 6.04 Å². The monoisotopic (exact) mass is 407 g/mol. The van der Waals surface area contributed by atoms with E-state index in [0.717, 1.165) is 32.2 Å². The molecule has 2 saturated heterocycles. The lowest BCUT2D eigenvalue weighted by molar-refractivity contribution is -0.804. The van der Waals surface area contributed by atoms with Gasteiger partial charge in [-0.15, -0.1) is 0 Å². The minimum absolute atomic E-state index is 0.0431. The third-order valence-electron chi connectivity index (χ3n) is 7.10. The smallest absolute Gasteiger partial charge is 0.306 e. The molecule has 2 aliphatic heterocycles. The molecule has 2 amide bonds. The van der Waals surface area contributed by atoms with Crippen LogP contribution in [0.2, 0.25) is 0 Å². The molecule has 0 aromatic carbocycles. The van der Waals surface area contributed by atoms with E-state index in [2.05, 4.69) is 39.9 Å². The summed E-state index contributed by atoms with van der Waals surface area (Å²) in [5.74, 6) is 0.369. The minimum Gasteiger partial charge on any atom is -0.306 e. The summed E-state index contributed by atoms with van der Waals surface area (Å²) in [4.78, 5) is 26.1. The highest BCUT2D eigenvalue weighted by Crippen LogP contribution is 2.39. The molecule has 0 aromatic heterocycles. The van der Waals surface area contributed by atoms with E-state index in [0.29, 0.717) is 12.8 Å².